The Kier molecular flexibility index (Phi) is 3.37. The van der Waals surface area contributed by atoms with E-state index in [4.69, 9.17) is 11.6 Å². The van der Waals surface area contributed by atoms with Crippen molar-refractivity contribution in [2.75, 3.05) is 18.0 Å². The third-order valence-corrected chi connectivity index (χ3v) is 4.62. The highest BCUT2D eigenvalue weighted by atomic mass is 35.5. The van der Waals surface area contributed by atoms with Gasteiger partial charge in [-0.1, -0.05) is 0 Å². The van der Waals surface area contributed by atoms with Gasteiger partial charge in [0.2, 0.25) is 5.28 Å². The Balaban J connectivity index is 1.97. The normalized spacial score (nSPS) is 24.7. The van der Waals surface area contributed by atoms with E-state index in [2.05, 4.69) is 14.9 Å². The summed E-state index contributed by atoms with van der Waals surface area (Å²) >= 11 is 7.58. The smallest absolute Gasteiger partial charge is 0.225 e. The van der Waals surface area contributed by atoms with Gasteiger partial charge in [0.15, 0.2) is 0 Å². The van der Waals surface area contributed by atoms with Crippen LogP contribution in [0.3, 0.4) is 0 Å². The van der Waals surface area contributed by atoms with E-state index in [1.165, 1.54) is 0 Å². The lowest BCUT2D eigenvalue weighted by atomic mass is 9.98. The van der Waals surface area contributed by atoms with Gasteiger partial charge in [0.25, 0.3) is 0 Å². The first-order valence-corrected chi connectivity index (χ1v) is 7.69. The molecule has 1 fully saturated rings. The summed E-state index contributed by atoms with van der Waals surface area (Å²) in [4.78, 5) is 11.8. The molecule has 0 bridgehead atoms. The minimum Gasteiger partial charge on any atom is -0.390 e. The number of thiophene rings is 1. The van der Waals surface area contributed by atoms with Gasteiger partial charge in [-0.15, -0.1) is 11.3 Å². The average Bonchev–Trinajstić information content (AvgIpc) is 2.72. The maximum absolute atomic E-state index is 10.2. The van der Waals surface area contributed by atoms with E-state index in [0.29, 0.717) is 5.28 Å². The van der Waals surface area contributed by atoms with Gasteiger partial charge >= 0.3 is 0 Å². The van der Waals surface area contributed by atoms with Crippen molar-refractivity contribution < 1.29 is 5.11 Å². The van der Waals surface area contributed by atoms with Gasteiger partial charge in [-0.25, -0.2) is 4.98 Å². The number of hydrogen-bond acceptors (Lipinski definition) is 5. The highest BCUT2D eigenvalue weighted by molar-refractivity contribution is 7.16. The predicted molar refractivity (Wildman–Crippen MR) is 79.1 cm³/mol. The van der Waals surface area contributed by atoms with Crippen LogP contribution in [-0.2, 0) is 0 Å². The van der Waals surface area contributed by atoms with Crippen LogP contribution in [0.4, 0.5) is 5.82 Å². The number of aliphatic hydroxyl groups is 1. The van der Waals surface area contributed by atoms with Crippen molar-refractivity contribution in [2.45, 2.75) is 31.8 Å². The SMILES string of the molecule is CC1(O)CCCN(c2nc(Cl)nc3sccc23)CC1. The van der Waals surface area contributed by atoms with E-state index in [-0.39, 0.29) is 0 Å². The number of rotatable bonds is 1. The van der Waals surface area contributed by atoms with Crippen LogP contribution in [0, 0.1) is 0 Å². The third kappa shape index (κ3) is 2.68. The molecule has 1 unspecified atom stereocenters. The molecule has 2 aromatic heterocycles. The standard InChI is InChI=1S/C13H16ClN3OS/c1-13(18)4-2-6-17(7-5-13)10-9-3-8-19-11(9)16-12(14)15-10/h3,8,18H,2,4-7H2,1H3. The molecule has 19 heavy (non-hydrogen) atoms. The van der Waals surface area contributed by atoms with Gasteiger partial charge in [0.1, 0.15) is 10.6 Å². The lowest BCUT2D eigenvalue weighted by Crippen LogP contribution is -2.29. The van der Waals surface area contributed by atoms with Crippen LogP contribution >= 0.6 is 22.9 Å². The van der Waals surface area contributed by atoms with E-state index in [1.54, 1.807) is 11.3 Å². The molecule has 1 aliphatic heterocycles. The average molecular weight is 298 g/mol. The summed E-state index contributed by atoms with van der Waals surface area (Å²) in [5, 5.41) is 13.5. The largest absolute Gasteiger partial charge is 0.390 e. The maximum atomic E-state index is 10.2. The van der Waals surface area contributed by atoms with Crippen molar-refractivity contribution in [1.29, 1.82) is 0 Å². The molecule has 0 aromatic carbocycles. The minimum absolute atomic E-state index is 0.293. The number of fused-ring (bicyclic) bond motifs is 1. The molecule has 102 valence electrons. The Hall–Kier alpha value is -0.910. The first kappa shape index (κ1) is 13.1. The fourth-order valence-corrected chi connectivity index (χ4v) is 3.50. The summed E-state index contributed by atoms with van der Waals surface area (Å²) in [6.07, 6.45) is 2.54. The fourth-order valence-electron chi connectivity index (χ4n) is 2.53. The second-order valence-corrected chi connectivity index (χ2v) is 6.53. The molecule has 0 amide bonds. The quantitative estimate of drug-likeness (QED) is 0.822. The molecular weight excluding hydrogens is 282 g/mol. The number of halogens is 1. The first-order valence-electron chi connectivity index (χ1n) is 6.43. The van der Waals surface area contributed by atoms with Crippen LogP contribution in [-0.4, -0.2) is 33.8 Å². The van der Waals surface area contributed by atoms with Crippen molar-refractivity contribution >= 4 is 39.0 Å². The van der Waals surface area contributed by atoms with Gasteiger partial charge < -0.3 is 10.0 Å². The van der Waals surface area contributed by atoms with E-state index in [0.717, 1.165) is 48.4 Å². The highest BCUT2D eigenvalue weighted by Gasteiger charge is 2.26. The molecule has 0 spiro atoms. The Labute approximate surface area is 121 Å². The molecular formula is C13H16ClN3OS. The highest BCUT2D eigenvalue weighted by Crippen LogP contribution is 2.31. The summed E-state index contributed by atoms with van der Waals surface area (Å²) in [5.41, 5.74) is -0.570. The monoisotopic (exact) mass is 297 g/mol. The van der Waals surface area contributed by atoms with Crippen molar-refractivity contribution in [3.05, 3.63) is 16.7 Å². The second-order valence-electron chi connectivity index (χ2n) is 5.29. The number of anilines is 1. The molecule has 3 rings (SSSR count). The molecule has 1 aliphatic rings. The zero-order valence-corrected chi connectivity index (χ0v) is 12.3. The van der Waals surface area contributed by atoms with Gasteiger partial charge in [-0.2, -0.15) is 4.98 Å². The van der Waals surface area contributed by atoms with Crippen LogP contribution in [0.2, 0.25) is 5.28 Å². The summed E-state index contributed by atoms with van der Waals surface area (Å²) in [6.45, 7) is 3.60. The van der Waals surface area contributed by atoms with Crippen molar-refractivity contribution in [2.24, 2.45) is 0 Å². The van der Waals surface area contributed by atoms with Gasteiger partial charge in [-0.05, 0) is 49.2 Å². The van der Waals surface area contributed by atoms with E-state index in [1.807, 2.05) is 18.4 Å². The van der Waals surface area contributed by atoms with Crippen molar-refractivity contribution in [3.63, 3.8) is 0 Å². The molecule has 1 N–H and O–H groups in total. The summed E-state index contributed by atoms with van der Waals surface area (Å²) in [7, 11) is 0. The topological polar surface area (TPSA) is 49.2 Å². The number of aromatic nitrogens is 2. The summed E-state index contributed by atoms with van der Waals surface area (Å²) in [5.74, 6) is 0.897. The van der Waals surface area contributed by atoms with Gasteiger partial charge in [-0.3, -0.25) is 0 Å². The molecule has 0 radical (unpaired) electrons. The lowest BCUT2D eigenvalue weighted by Gasteiger charge is -2.23. The first-order chi connectivity index (χ1) is 9.05. The third-order valence-electron chi connectivity index (χ3n) is 3.64. The van der Waals surface area contributed by atoms with Crippen LogP contribution < -0.4 is 4.90 Å². The molecule has 0 saturated carbocycles. The van der Waals surface area contributed by atoms with Crippen LogP contribution in [0.1, 0.15) is 26.2 Å². The number of nitrogens with zero attached hydrogens (tertiary/aromatic N) is 3. The zero-order chi connectivity index (χ0) is 13.5. The molecule has 0 aliphatic carbocycles. The van der Waals surface area contributed by atoms with Crippen molar-refractivity contribution in [3.8, 4) is 0 Å². The van der Waals surface area contributed by atoms with Crippen LogP contribution in [0.25, 0.3) is 10.2 Å². The summed E-state index contributed by atoms with van der Waals surface area (Å²) in [6, 6.07) is 2.04. The fraction of sp³-hybridized carbons (Fsp3) is 0.538. The van der Waals surface area contributed by atoms with Gasteiger partial charge in [0.05, 0.1) is 11.0 Å². The van der Waals surface area contributed by atoms with E-state index in [9.17, 15) is 5.11 Å². The molecule has 1 saturated heterocycles. The van der Waals surface area contributed by atoms with Gasteiger partial charge in [0, 0.05) is 13.1 Å². The Bertz CT molecular complexity index is 599. The van der Waals surface area contributed by atoms with E-state index < -0.39 is 5.60 Å². The second kappa shape index (κ2) is 4.89. The zero-order valence-electron chi connectivity index (χ0n) is 10.8. The molecule has 1 atom stereocenters. The molecule has 6 heteroatoms. The molecule has 2 aromatic rings. The summed E-state index contributed by atoms with van der Waals surface area (Å²) < 4.78 is 0. The van der Waals surface area contributed by atoms with Crippen LogP contribution in [0.15, 0.2) is 11.4 Å². The lowest BCUT2D eigenvalue weighted by molar-refractivity contribution is 0.0481. The Morgan fingerprint density at radius 1 is 1.37 bits per heavy atom. The molecule has 3 heterocycles. The minimum atomic E-state index is -0.570. The molecule has 4 nitrogen and oxygen atoms in total. The maximum Gasteiger partial charge on any atom is 0.225 e. The number of hydrogen-bond donors (Lipinski definition) is 1. The Morgan fingerprint density at radius 3 is 3.05 bits per heavy atom. The van der Waals surface area contributed by atoms with Crippen LogP contribution in [0.5, 0.6) is 0 Å². The Morgan fingerprint density at radius 2 is 2.21 bits per heavy atom. The predicted octanol–water partition coefficient (Wildman–Crippen LogP) is 3.09. The van der Waals surface area contributed by atoms with E-state index >= 15 is 0 Å². The van der Waals surface area contributed by atoms with Crippen molar-refractivity contribution in [1.82, 2.24) is 9.97 Å².